The zero-order valence-electron chi connectivity index (χ0n) is 9.56. The molecule has 0 unspecified atom stereocenters. The molecule has 0 saturated heterocycles. The van der Waals surface area contributed by atoms with Gasteiger partial charge >= 0.3 is 0 Å². The zero-order valence-corrected chi connectivity index (χ0v) is 9.56. The summed E-state index contributed by atoms with van der Waals surface area (Å²) in [6, 6.07) is 6.45. The number of benzene rings is 1. The minimum absolute atomic E-state index is 0.103. The number of nitrogens with zero attached hydrogens (tertiary/aromatic N) is 1. The molecular formula is C12H16N2O3. The molecule has 0 aliphatic heterocycles. The van der Waals surface area contributed by atoms with Crippen molar-refractivity contribution in [3.05, 3.63) is 39.9 Å². The monoisotopic (exact) mass is 236 g/mol. The second-order valence-electron chi connectivity index (χ2n) is 4.61. The number of aliphatic hydroxyl groups is 1. The molecule has 2 rings (SSSR count). The van der Waals surface area contributed by atoms with E-state index in [1.807, 2.05) is 0 Å². The lowest BCUT2D eigenvalue weighted by Crippen LogP contribution is -2.45. The maximum atomic E-state index is 10.5. The molecule has 0 amide bonds. The molecule has 1 aromatic rings. The Morgan fingerprint density at radius 2 is 2.00 bits per heavy atom. The Morgan fingerprint density at radius 1 is 1.35 bits per heavy atom. The second kappa shape index (κ2) is 4.81. The van der Waals surface area contributed by atoms with E-state index in [1.165, 1.54) is 12.1 Å². The maximum Gasteiger partial charge on any atom is 0.269 e. The molecule has 0 aromatic heterocycles. The highest BCUT2D eigenvalue weighted by Gasteiger charge is 2.33. The number of nitro groups is 1. The van der Waals surface area contributed by atoms with Gasteiger partial charge in [-0.3, -0.25) is 10.1 Å². The number of hydrogen-bond donors (Lipinski definition) is 2. The highest BCUT2D eigenvalue weighted by molar-refractivity contribution is 5.32. The molecule has 2 N–H and O–H groups in total. The fourth-order valence-corrected chi connectivity index (χ4v) is 1.94. The molecule has 92 valence electrons. The van der Waals surface area contributed by atoms with Crippen molar-refractivity contribution < 1.29 is 10.0 Å². The lowest BCUT2D eigenvalue weighted by atomic mass is 9.80. The van der Waals surface area contributed by atoms with E-state index < -0.39 is 10.5 Å². The number of nitro benzene ring substituents is 1. The van der Waals surface area contributed by atoms with E-state index >= 15 is 0 Å². The van der Waals surface area contributed by atoms with Gasteiger partial charge in [-0.15, -0.1) is 0 Å². The summed E-state index contributed by atoms with van der Waals surface area (Å²) in [5.74, 6) is 0. The molecule has 0 radical (unpaired) electrons. The summed E-state index contributed by atoms with van der Waals surface area (Å²) in [6.45, 7) is 1.21. The number of rotatable bonds is 5. The molecule has 1 aliphatic rings. The minimum Gasteiger partial charge on any atom is -0.389 e. The van der Waals surface area contributed by atoms with Gasteiger partial charge in [-0.2, -0.15) is 0 Å². The van der Waals surface area contributed by atoms with Crippen LogP contribution in [0.15, 0.2) is 24.3 Å². The predicted octanol–water partition coefficient (Wildman–Crippen LogP) is 1.60. The molecule has 5 nitrogen and oxygen atoms in total. The lowest BCUT2D eigenvalue weighted by molar-refractivity contribution is -0.384. The van der Waals surface area contributed by atoms with Crippen LogP contribution in [-0.2, 0) is 6.54 Å². The van der Waals surface area contributed by atoms with Gasteiger partial charge in [0.1, 0.15) is 0 Å². The van der Waals surface area contributed by atoms with Crippen molar-refractivity contribution in [1.82, 2.24) is 5.32 Å². The van der Waals surface area contributed by atoms with E-state index in [1.54, 1.807) is 12.1 Å². The Balaban J connectivity index is 1.80. The van der Waals surface area contributed by atoms with Crippen molar-refractivity contribution in [2.24, 2.45) is 0 Å². The first-order chi connectivity index (χ1) is 8.09. The maximum absolute atomic E-state index is 10.5. The fourth-order valence-electron chi connectivity index (χ4n) is 1.94. The Labute approximate surface area is 99.6 Å². The smallest absolute Gasteiger partial charge is 0.269 e. The molecule has 0 spiro atoms. The van der Waals surface area contributed by atoms with Crippen LogP contribution in [0.5, 0.6) is 0 Å². The van der Waals surface area contributed by atoms with Gasteiger partial charge in [0.25, 0.3) is 5.69 Å². The van der Waals surface area contributed by atoms with E-state index in [9.17, 15) is 15.2 Å². The molecule has 1 saturated carbocycles. The van der Waals surface area contributed by atoms with Crippen LogP contribution in [0, 0.1) is 10.1 Å². The first kappa shape index (κ1) is 12.0. The van der Waals surface area contributed by atoms with E-state index in [0.717, 1.165) is 24.8 Å². The van der Waals surface area contributed by atoms with Crippen molar-refractivity contribution >= 4 is 5.69 Å². The van der Waals surface area contributed by atoms with E-state index in [-0.39, 0.29) is 5.69 Å². The molecule has 1 aromatic carbocycles. The molecular weight excluding hydrogens is 220 g/mol. The molecule has 0 atom stereocenters. The summed E-state index contributed by atoms with van der Waals surface area (Å²) in [6.07, 6.45) is 2.82. The van der Waals surface area contributed by atoms with E-state index in [2.05, 4.69) is 5.32 Å². The Hall–Kier alpha value is -1.46. The summed E-state index contributed by atoms with van der Waals surface area (Å²) >= 11 is 0. The van der Waals surface area contributed by atoms with Gasteiger partial charge in [0.15, 0.2) is 0 Å². The van der Waals surface area contributed by atoms with E-state index in [0.29, 0.717) is 13.1 Å². The molecule has 0 bridgehead atoms. The van der Waals surface area contributed by atoms with Crippen LogP contribution in [0.1, 0.15) is 24.8 Å². The Bertz CT molecular complexity index is 399. The highest BCUT2D eigenvalue weighted by atomic mass is 16.6. The molecule has 0 heterocycles. The van der Waals surface area contributed by atoms with Crippen molar-refractivity contribution in [2.75, 3.05) is 6.54 Å². The fraction of sp³-hybridized carbons (Fsp3) is 0.500. The third-order valence-corrected chi connectivity index (χ3v) is 3.21. The average molecular weight is 236 g/mol. The largest absolute Gasteiger partial charge is 0.389 e. The van der Waals surface area contributed by atoms with Crippen molar-refractivity contribution in [3.63, 3.8) is 0 Å². The average Bonchev–Trinajstić information content (AvgIpc) is 2.27. The molecule has 1 fully saturated rings. The first-order valence-corrected chi connectivity index (χ1v) is 5.76. The lowest BCUT2D eigenvalue weighted by Gasteiger charge is -2.36. The van der Waals surface area contributed by atoms with Gasteiger partial charge in [-0.05, 0) is 24.8 Å². The van der Waals surface area contributed by atoms with Crippen LogP contribution in [0.2, 0.25) is 0 Å². The predicted molar refractivity (Wildman–Crippen MR) is 63.6 cm³/mol. The van der Waals surface area contributed by atoms with Gasteiger partial charge in [0.05, 0.1) is 10.5 Å². The first-order valence-electron chi connectivity index (χ1n) is 5.76. The van der Waals surface area contributed by atoms with E-state index in [4.69, 9.17) is 0 Å². The van der Waals surface area contributed by atoms with Crippen LogP contribution in [-0.4, -0.2) is 22.2 Å². The van der Waals surface area contributed by atoms with Crippen LogP contribution in [0.3, 0.4) is 0 Å². The molecule has 17 heavy (non-hydrogen) atoms. The number of hydrogen-bond acceptors (Lipinski definition) is 4. The van der Waals surface area contributed by atoms with Crippen molar-refractivity contribution in [3.8, 4) is 0 Å². The van der Waals surface area contributed by atoms with Gasteiger partial charge < -0.3 is 10.4 Å². The minimum atomic E-state index is -0.527. The topological polar surface area (TPSA) is 75.4 Å². The Kier molecular flexibility index (Phi) is 3.40. The van der Waals surface area contributed by atoms with Gasteiger partial charge in [-0.25, -0.2) is 0 Å². The summed E-state index contributed by atoms with van der Waals surface area (Å²) in [5.41, 5.74) is 0.561. The highest BCUT2D eigenvalue weighted by Crippen LogP contribution is 2.30. The van der Waals surface area contributed by atoms with Crippen molar-refractivity contribution in [1.29, 1.82) is 0 Å². The summed E-state index contributed by atoms with van der Waals surface area (Å²) in [4.78, 5) is 10.1. The van der Waals surface area contributed by atoms with Crippen LogP contribution >= 0.6 is 0 Å². The van der Waals surface area contributed by atoms with Gasteiger partial charge in [0.2, 0.25) is 0 Å². The van der Waals surface area contributed by atoms with Crippen LogP contribution in [0.25, 0.3) is 0 Å². The standard InChI is InChI=1S/C12H16N2O3/c15-12(6-1-7-12)9-13-8-10-2-4-11(5-3-10)14(16)17/h2-5,13,15H,1,6-9H2. The normalized spacial score (nSPS) is 17.5. The molecule has 1 aliphatic carbocycles. The molecule has 5 heteroatoms. The third-order valence-electron chi connectivity index (χ3n) is 3.21. The zero-order chi connectivity index (χ0) is 12.3. The second-order valence-corrected chi connectivity index (χ2v) is 4.61. The quantitative estimate of drug-likeness (QED) is 0.601. The summed E-state index contributed by atoms with van der Waals surface area (Å²) < 4.78 is 0. The number of non-ortho nitro benzene ring substituents is 1. The van der Waals surface area contributed by atoms with Gasteiger partial charge in [0, 0.05) is 25.2 Å². The van der Waals surface area contributed by atoms with Crippen molar-refractivity contribution in [2.45, 2.75) is 31.4 Å². The summed E-state index contributed by atoms with van der Waals surface area (Å²) in [7, 11) is 0. The van der Waals surface area contributed by atoms with Gasteiger partial charge in [-0.1, -0.05) is 12.1 Å². The Morgan fingerprint density at radius 3 is 2.47 bits per heavy atom. The third kappa shape index (κ3) is 3.01. The SMILES string of the molecule is O=[N+]([O-])c1ccc(CNCC2(O)CCC2)cc1. The number of nitrogens with one attached hydrogen (secondary N) is 1. The van der Waals surface area contributed by atoms with Crippen LogP contribution in [0.4, 0.5) is 5.69 Å². The summed E-state index contributed by atoms with van der Waals surface area (Å²) in [5, 5.41) is 23.5. The van der Waals surface area contributed by atoms with Crippen LogP contribution < -0.4 is 5.32 Å².